The summed E-state index contributed by atoms with van der Waals surface area (Å²) >= 11 is 0. The van der Waals surface area contributed by atoms with E-state index in [1.54, 1.807) is 31.2 Å². The van der Waals surface area contributed by atoms with Gasteiger partial charge in [0.05, 0.1) is 5.75 Å². The summed E-state index contributed by atoms with van der Waals surface area (Å²) in [5, 5.41) is 2.60. The third-order valence-corrected chi connectivity index (χ3v) is 3.55. The van der Waals surface area contributed by atoms with Gasteiger partial charge in [-0.1, -0.05) is 24.3 Å². The van der Waals surface area contributed by atoms with Crippen LogP contribution in [0.5, 0.6) is 0 Å². The van der Waals surface area contributed by atoms with Crippen LogP contribution < -0.4 is 5.32 Å². The maximum atomic E-state index is 12.7. The fraction of sp³-hybridized carbons (Fsp3) is 0.357. The summed E-state index contributed by atoms with van der Waals surface area (Å²) < 4.78 is 34.8. The first kappa shape index (κ1) is 16.4. The molecule has 0 spiro atoms. The predicted octanol–water partition coefficient (Wildman–Crippen LogP) is 1.78. The van der Waals surface area contributed by atoms with Crippen molar-refractivity contribution < 1.29 is 17.6 Å². The molecule has 0 saturated heterocycles. The van der Waals surface area contributed by atoms with Gasteiger partial charge in [-0.05, 0) is 24.6 Å². The Morgan fingerprint density at radius 3 is 2.50 bits per heavy atom. The van der Waals surface area contributed by atoms with Crippen LogP contribution in [-0.2, 0) is 14.6 Å². The van der Waals surface area contributed by atoms with Crippen molar-refractivity contribution in [2.45, 2.75) is 19.4 Å². The van der Waals surface area contributed by atoms with Gasteiger partial charge >= 0.3 is 0 Å². The molecule has 0 bridgehead atoms. The van der Waals surface area contributed by atoms with Crippen molar-refractivity contribution in [1.29, 1.82) is 0 Å². The molecule has 1 atom stereocenters. The van der Waals surface area contributed by atoms with Crippen molar-refractivity contribution in [1.82, 2.24) is 5.32 Å². The molecule has 0 unspecified atom stereocenters. The summed E-state index contributed by atoms with van der Waals surface area (Å²) in [6, 6.07) is 5.48. The maximum absolute atomic E-state index is 12.7. The fourth-order valence-corrected chi connectivity index (χ4v) is 2.70. The van der Waals surface area contributed by atoms with Gasteiger partial charge in [-0.3, -0.25) is 4.79 Å². The number of nitrogens with one attached hydrogen (secondary N) is 1. The van der Waals surface area contributed by atoms with Gasteiger partial charge in [0.15, 0.2) is 0 Å². The number of hydrogen-bond acceptors (Lipinski definition) is 3. The molecule has 20 heavy (non-hydrogen) atoms. The fourth-order valence-electron chi connectivity index (χ4n) is 1.71. The number of halogens is 1. The number of hydrogen-bond donors (Lipinski definition) is 1. The Hall–Kier alpha value is -1.69. The molecule has 0 fully saturated rings. The lowest BCUT2D eigenvalue weighted by Gasteiger charge is -2.11. The average molecular weight is 299 g/mol. The quantitative estimate of drug-likeness (QED) is 0.871. The number of carbonyl (C=O) groups excluding carboxylic acids is 1. The zero-order valence-corrected chi connectivity index (χ0v) is 12.3. The highest BCUT2D eigenvalue weighted by atomic mass is 32.2. The van der Waals surface area contributed by atoms with Crippen molar-refractivity contribution in [3.63, 3.8) is 0 Å². The first-order valence-corrected chi connectivity index (χ1v) is 8.21. The summed E-state index contributed by atoms with van der Waals surface area (Å²) in [7, 11) is -3.10. The van der Waals surface area contributed by atoms with E-state index in [-0.39, 0.29) is 23.9 Å². The smallest absolute Gasteiger partial charge is 0.224 e. The first-order valence-electron chi connectivity index (χ1n) is 6.15. The van der Waals surface area contributed by atoms with Crippen molar-refractivity contribution >= 4 is 21.8 Å². The number of sulfone groups is 1. The molecule has 1 rings (SSSR count). The van der Waals surface area contributed by atoms with E-state index in [2.05, 4.69) is 5.32 Å². The second-order valence-electron chi connectivity index (χ2n) is 4.72. The molecule has 4 nitrogen and oxygen atoms in total. The van der Waals surface area contributed by atoms with Crippen LogP contribution >= 0.6 is 0 Å². The Labute approximate surface area is 118 Å². The van der Waals surface area contributed by atoms with Gasteiger partial charge < -0.3 is 5.32 Å². The minimum absolute atomic E-state index is 0.0829. The second kappa shape index (κ2) is 7.19. The summed E-state index contributed by atoms with van der Waals surface area (Å²) in [5.41, 5.74) is 0.795. The number of carbonyl (C=O) groups is 1. The van der Waals surface area contributed by atoms with Gasteiger partial charge in [0.2, 0.25) is 5.91 Å². The zero-order chi connectivity index (χ0) is 15.2. The topological polar surface area (TPSA) is 63.2 Å². The van der Waals surface area contributed by atoms with Gasteiger partial charge in [-0.15, -0.1) is 0 Å². The van der Waals surface area contributed by atoms with E-state index < -0.39 is 15.9 Å². The molecule has 1 amide bonds. The van der Waals surface area contributed by atoms with Crippen molar-refractivity contribution in [2.75, 3.05) is 12.0 Å². The Bertz CT molecular complexity index is 579. The zero-order valence-electron chi connectivity index (χ0n) is 11.5. The van der Waals surface area contributed by atoms with Crippen LogP contribution in [0.2, 0.25) is 0 Å². The molecule has 0 heterocycles. The van der Waals surface area contributed by atoms with Crippen LogP contribution in [0.15, 0.2) is 30.3 Å². The lowest BCUT2D eigenvalue weighted by Crippen LogP contribution is -2.36. The molecule has 0 aliphatic rings. The van der Waals surface area contributed by atoms with Gasteiger partial charge in [0, 0.05) is 18.7 Å². The van der Waals surface area contributed by atoms with E-state index in [1.807, 2.05) is 0 Å². The lowest BCUT2D eigenvalue weighted by atomic mass is 10.2. The number of amides is 1. The van der Waals surface area contributed by atoms with E-state index in [4.69, 9.17) is 0 Å². The Morgan fingerprint density at radius 1 is 1.35 bits per heavy atom. The Kier molecular flexibility index (Phi) is 5.88. The van der Waals surface area contributed by atoms with E-state index in [1.165, 1.54) is 12.1 Å². The highest BCUT2D eigenvalue weighted by Gasteiger charge is 2.12. The molecular formula is C14H18FNO3S. The molecule has 0 aliphatic heterocycles. The summed E-state index contributed by atoms with van der Waals surface area (Å²) in [4.78, 5) is 11.6. The van der Waals surface area contributed by atoms with Gasteiger partial charge in [0.25, 0.3) is 0 Å². The summed E-state index contributed by atoms with van der Waals surface area (Å²) in [5.74, 6) is -0.644. The Morgan fingerprint density at radius 2 is 1.95 bits per heavy atom. The third-order valence-electron chi connectivity index (χ3n) is 2.44. The van der Waals surface area contributed by atoms with Crippen molar-refractivity contribution in [3.8, 4) is 0 Å². The van der Waals surface area contributed by atoms with Crippen LogP contribution in [0.1, 0.15) is 18.9 Å². The average Bonchev–Trinajstić information content (AvgIpc) is 2.29. The van der Waals surface area contributed by atoms with Gasteiger partial charge in [0.1, 0.15) is 15.7 Å². The highest BCUT2D eigenvalue weighted by molar-refractivity contribution is 7.90. The third kappa shape index (κ3) is 7.04. The molecule has 1 N–H and O–H groups in total. The largest absolute Gasteiger partial charge is 0.352 e. The summed E-state index contributed by atoms with van der Waals surface area (Å²) in [6.07, 6.45) is 4.63. The van der Waals surface area contributed by atoms with E-state index in [9.17, 15) is 17.6 Å². The molecule has 6 heteroatoms. The first-order chi connectivity index (χ1) is 9.26. The maximum Gasteiger partial charge on any atom is 0.224 e. The Balaban J connectivity index is 2.41. The van der Waals surface area contributed by atoms with Crippen LogP contribution in [0.25, 0.3) is 6.08 Å². The monoisotopic (exact) mass is 299 g/mol. The second-order valence-corrected chi connectivity index (χ2v) is 6.90. The normalized spacial score (nSPS) is 13.3. The molecule has 0 radical (unpaired) electrons. The van der Waals surface area contributed by atoms with E-state index in [0.29, 0.717) is 0 Å². The van der Waals surface area contributed by atoms with E-state index in [0.717, 1.165) is 11.8 Å². The van der Waals surface area contributed by atoms with Gasteiger partial charge in [-0.2, -0.15) is 0 Å². The van der Waals surface area contributed by atoms with Crippen molar-refractivity contribution in [2.24, 2.45) is 0 Å². The molecular weight excluding hydrogens is 281 g/mol. The number of benzene rings is 1. The van der Waals surface area contributed by atoms with Crippen molar-refractivity contribution in [3.05, 3.63) is 41.7 Å². The SMILES string of the molecule is C[C@H](CS(C)(=O)=O)NC(=O)C/C=C/c1ccc(F)cc1. The molecule has 1 aromatic rings. The van der Waals surface area contributed by atoms with Gasteiger partial charge in [-0.25, -0.2) is 12.8 Å². The molecule has 110 valence electrons. The molecule has 0 aromatic heterocycles. The van der Waals surface area contributed by atoms with Crippen LogP contribution in [-0.4, -0.2) is 32.4 Å². The molecule has 0 aliphatic carbocycles. The van der Waals surface area contributed by atoms with Crippen LogP contribution in [0.3, 0.4) is 0 Å². The predicted molar refractivity (Wildman–Crippen MR) is 77.4 cm³/mol. The van der Waals surface area contributed by atoms with Crippen LogP contribution in [0.4, 0.5) is 4.39 Å². The van der Waals surface area contributed by atoms with E-state index >= 15 is 0 Å². The standard InChI is InChI=1S/C14H18FNO3S/c1-11(10-20(2,18)19)16-14(17)5-3-4-12-6-8-13(15)9-7-12/h3-4,6-9,11H,5,10H2,1-2H3,(H,16,17)/b4-3+/t11-/m1/s1. The highest BCUT2D eigenvalue weighted by Crippen LogP contribution is 2.05. The minimum atomic E-state index is -3.10. The summed E-state index contributed by atoms with van der Waals surface area (Å²) in [6.45, 7) is 1.64. The molecule has 0 saturated carbocycles. The van der Waals surface area contributed by atoms with Crippen LogP contribution in [0, 0.1) is 5.82 Å². The minimum Gasteiger partial charge on any atom is -0.352 e. The lowest BCUT2D eigenvalue weighted by molar-refractivity contribution is -0.120. The molecule has 1 aromatic carbocycles. The number of rotatable bonds is 6.